The first kappa shape index (κ1) is 13.7. The fourth-order valence-electron chi connectivity index (χ4n) is 1.13. The maximum atomic E-state index is 11.5. The third kappa shape index (κ3) is 5.46. The normalized spacial score (nSPS) is 11.9. The molecule has 0 aliphatic rings. The second-order valence-corrected chi connectivity index (χ2v) is 4.58. The van der Waals surface area contributed by atoms with Gasteiger partial charge in [0.2, 0.25) is 5.91 Å². The van der Waals surface area contributed by atoms with E-state index in [9.17, 15) is 9.59 Å². The summed E-state index contributed by atoms with van der Waals surface area (Å²) in [5.41, 5.74) is 0. The third-order valence-corrected chi connectivity index (χ3v) is 2.85. The average molecular weight is 256 g/mol. The van der Waals surface area contributed by atoms with Crippen LogP contribution in [0, 0.1) is 0 Å². The van der Waals surface area contributed by atoms with Crippen molar-refractivity contribution in [3.8, 4) is 0 Å². The monoisotopic (exact) mass is 256 g/mol. The summed E-state index contributed by atoms with van der Waals surface area (Å²) < 4.78 is 0. The highest BCUT2D eigenvalue weighted by Gasteiger charge is 2.07. The Bertz CT molecular complexity index is 363. The van der Waals surface area contributed by atoms with Gasteiger partial charge in [0.05, 0.1) is 11.0 Å². The van der Waals surface area contributed by atoms with Crippen molar-refractivity contribution in [3.05, 3.63) is 22.4 Å². The topological polar surface area (TPSA) is 78.4 Å². The number of hydrogen-bond donors (Lipinski definition) is 3. The van der Waals surface area contributed by atoms with Crippen LogP contribution in [0.3, 0.4) is 0 Å². The second kappa shape index (κ2) is 7.03. The van der Waals surface area contributed by atoms with Gasteiger partial charge in [-0.1, -0.05) is 6.07 Å². The van der Waals surface area contributed by atoms with Crippen LogP contribution in [0.1, 0.15) is 23.0 Å². The van der Waals surface area contributed by atoms with Crippen LogP contribution in [-0.2, 0) is 4.79 Å². The van der Waals surface area contributed by atoms with Crippen LogP contribution in [0.15, 0.2) is 17.5 Å². The molecule has 3 N–H and O–H groups in total. The number of hydrogen-bond acceptors (Lipinski definition) is 4. The highest BCUT2D eigenvalue weighted by atomic mass is 32.1. The fraction of sp³-hybridized carbons (Fsp3) is 0.455. The number of thiophene rings is 1. The highest BCUT2D eigenvalue weighted by molar-refractivity contribution is 7.12. The average Bonchev–Trinajstić information content (AvgIpc) is 2.79. The number of rotatable bonds is 6. The molecule has 0 spiro atoms. The molecule has 0 radical (unpaired) electrons. The zero-order chi connectivity index (χ0) is 12.7. The van der Waals surface area contributed by atoms with Crippen LogP contribution in [0.4, 0.5) is 0 Å². The first-order valence-corrected chi connectivity index (χ1v) is 6.24. The van der Waals surface area contributed by atoms with E-state index < -0.39 is 6.10 Å². The summed E-state index contributed by atoms with van der Waals surface area (Å²) in [6, 6.07) is 3.53. The van der Waals surface area contributed by atoms with E-state index >= 15 is 0 Å². The molecule has 0 bridgehead atoms. The van der Waals surface area contributed by atoms with E-state index in [1.807, 2.05) is 5.38 Å². The molecule has 1 atom stereocenters. The summed E-state index contributed by atoms with van der Waals surface area (Å²) in [5.74, 6) is -0.347. The van der Waals surface area contributed by atoms with Gasteiger partial charge in [-0.25, -0.2) is 0 Å². The van der Waals surface area contributed by atoms with Crippen molar-refractivity contribution in [1.29, 1.82) is 0 Å². The number of aliphatic hydroxyl groups is 1. The van der Waals surface area contributed by atoms with Crippen LogP contribution in [0.2, 0.25) is 0 Å². The minimum Gasteiger partial charge on any atom is -0.392 e. The lowest BCUT2D eigenvalue weighted by atomic mass is 10.3. The fourth-order valence-corrected chi connectivity index (χ4v) is 1.77. The Morgan fingerprint density at radius 2 is 2.24 bits per heavy atom. The van der Waals surface area contributed by atoms with Crippen LogP contribution < -0.4 is 10.6 Å². The number of carbonyl (C=O) groups is 2. The standard InChI is InChI=1S/C11H16N2O3S/c1-8(14)7-13-10(15)4-5-12-11(16)9-3-2-6-17-9/h2-3,6,8,14H,4-5,7H2,1H3,(H,12,16)(H,13,15). The minimum absolute atomic E-state index is 0.164. The van der Waals surface area contributed by atoms with E-state index in [-0.39, 0.29) is 24.8 Å². The van der Waals surface area contributed by atoms with Gasteiger partial charge in [0.25, 0.3) is 5.91 Å². The van der Waals surface area contributed by atoms with Gasteiger partial charge in [-0.05, 0) is 18.4 Å². The quantitative estimate of drug-likeness (QED) is 0.688. The SMILES string of the molecule is CC(O)CNC(=O)CCNC(=O)c1cccs1. The third-order valence-electron chi connectivity index (χ3n) is 1.98. The van der Waals surface area contributed by atoms with Crippen LogP contribution in [-0.4, -0.2) is 36.1 Å². The number of nitrogens with one attached hydrogen (secondary N) is 2. The molecular weight excluding hydrogens is 240 g/mol. The summed E-state index contributed by atoms with van der Waals surface area (Å²) in [5, 5.41) is 16.0. The molecule has 1 unspecified atom stereocenters. The molecule has 0 fully saturated rings. The van der Waals surface area contributed by atoms with Crippen molar-refractivity contribution in [3.63, 3.8) is 0 Å². The van der Waals surface area contributed by atoms with E-state index in [4.69, 9.17) is 5.11 Å². The van der Waals surface area contributed by atoms with Crippen molar-refractivity contribution < 1.29 is 14.7 Å². The number of amides is 2. The molecule has 17 heavy (non-hydrogen) atoms. The predicted octanol–water partition coefficient (Wildman–Crippen LogP) is 0.365. The van der Waals surface area contributed by atoms with Gasteiger partial charge in [-0.3, -0.25) is 9.59 Å². The molecule has 1 heterocycles. The summed E-state index contributed by atoms with van der Waals surface area (Å²) in [6.45, 7) is 2.12. The van der Waals surface area contributed by atoms with E-state index in [1.165, 1.54) is 11.3 Å². The van der Waals surface area contributed by atoms with Gasteiger partial charge in [-0.15, -0.1) is 11.3 Å². The smallest absolute Gasteiger partial charge is 0.261 e. The summed E-state index contributed by atoms with van der Waals surface area (Å²) in [7, 11) is 0. The van der Waals surface area contributed by atoms with Gasteiger partial charge in [-0.2, -0.15) is 0 Å². The Balaban J connectivity index is 2.15. The van der Waals surface area contributed by atoms with Crippen LogP contribution in [0.5, 0.6) is 0 Å². The Labute approximate surface area is 104 Å². The van der Waals surface area contributed by atoms with Gasteiger partial charge in [0, 0.05) is 19.5 Å². The van der Waals surface area contributed by atoms with Crippen molar-refractivity contribution in [2.45, 2.75) is 19.4 Å². The van der Waals surface area contributed by atoms with E-state index in [1.54, 1.807) is 19.1 Å². The molecule has 5 nitrogen and oxygen atoms in total. The predicted molar refractivity (Wildman–Crippen MR) is 66.0 cm³/mol. The molecule has 1 aromatic heterocycles. The van der Waals surface area contributed by atoms with E-state index in [0.29, 0.717) is 11.4 Å². The van der Waals surface area contributed by atoms with Crippen molar-refractivity contribution >= 4 is 23.2 Å². The van der Waals surface area contributed by atoms with E-state index in [0.717, 1.165) is 0 Å². The molecule has 0 saturated carbocycles. The van der Waals surface area contributed by atoms with Crippen LogP contribution >= 0.6 is 11.3 Å². The summed E-state index contributed by atoms with van der Waals surface area (Å²) in [6.07, 6.45) is -0.344. The maximum Gasteiger partial charge on any atom is 0.261 e. The van der Waals surface area contributed by atoms with Crippen LogP contribution in [0.25, 0.3) is 0 Å². The summed E-state index contributed by atoms with van der Waals surface area (Å²) >= 11 is 1.36. The maximum absolute atomic E-state index is 11.5. The lowest BCUT2D eigenvalue weighted by Gasteiger charge is -2.07. The second-order valence-electron chi connectivity index (χ2n) is 3.64. The highest BCUT2D eigenvalue weighted by Crippen LogP contribution is 2.07. The lowest BCUT2D eigenvalue weighted by molar-refractivity contribution is -0.121. The molecule has 6 heteroatoms. The Hall–Kier alpha value is -1.40. The van der Waals surface area contributed by atoms with E-state index in [2.05, 4.69) is 10.6 Å². The van der Waals surface area contributed by atoms with Gasteiger partial charge < -0.3 is 15.7 Å². The molecule has 1 aromatic rings. The van der Waals surface area contributed by atoms with Gasteiger partial charge in [0.1, 0.15) is 0 Å². The first-order chi connectivity index (χ1) is 8.09. The Kier molecular flexibility index (Phi) is 5.65. The molecule has 0 aromatic carbocycles. The van der Waals surface area contributed by atoms with Crippen molar-refractivity contribution in [2.24, 2.45) is 0 Å². The van der Waals surface area contributed by atoms with Gasteiger partial charge in [0.15, 0.2) is 0 Å². The van der Waals surface area contributed by atoms with Crippen molar-refractivity contribution in [2.75, 3.05) is 13.1 Å². The summed E-state index contributed by atoms with van der Waals surface area (Å²) in [4.78, 5) is 23.4. The lowest BCUT2D eigenvalue weighted by Crippen LogP contribution is -2.33. The Morgan fingerprint density at radius 1 is 1.47 bits per heavy atom. The molecule has 0 aliphatic carbocycles. The van der Waals surface area contributed by atoms with Gasteiger partial charge >= 0.3 is 0 Å². The molecule has 0 saturated heterocycles. The minimum atomic E-state index is -0.556. The molecule has 94 valence electrons. The molecule has 1 rings (SSSR count). The molecule has 0 aliphatic heterocycles. The molecular formula is C11H16N2O3S. The Morgan fingerprint density at radius 3 is 2.82 bits per heavy atom. The molecule has 2 amide bonds. The number of aliphatic hydroxyl groups excluding tert-OH is 1. The first-order valence-electron chi connectivity index (χ1n) is 5.36. The largest absolute Gasteiger partial charge is 0.392 e. The number of carbonyl (C=O) groups excluding carboxylic acids is 2. The zero-order valence-electron chi connectivity index (χ0n) is 9.60. The van der Waals surface area contributed by atoms with Crippen molar-refractivity contribution in [1.82, 2.24) is 10.6 Å². The zero-order valence-corrected chi connectivity index (χ0v) is 10.4.